The molecule has 4 heteroatoms. The fourth-order valence-electron chi connectivity index (χ4n) is 2.18. The van der Waals surface area contributed by atoms with Gasteiger partial charge in [-0.25, -0.2) is 0 Å². The van der Waals surface area contributed by atoms with E-state index in [4.69, 9.17) is 5.26 Å². The third kappa shape index (κ3) is 3.67. The van der Waals surface area contributed by atoms with Gasteiger partial charge in [0, 0.05) is 37.2 Å². The van der Waals surface area contributed by atoms with Gasteiger partial charge in [0.1, 0.15) is 0 Å². The van der Waals surface area contributed by atoms with Crippen LogP contribution in [0.3, 0.4) is 0 Å². The normalized spacial score (nSPS) is 9.95. The Hall–Kier alpha value is -2.67. The van der Waals surface area contributed by atoms with Gasteiger partial charge < -0.3 is 4.90 Å². The molecule has 21 heavy (non-hydrogen) atoms. The fourth-order valence-corrected chi connectivity index (χ4v) is 2.18. The van der Waals surface area contributed by atoms with Crippen molar-refractivity contribution in [3.8, 4) is 6.07 Å². The van der Waals surface area contributed by atoms with Crippen LogP contribution in [0.2, 0.25) is 0 Å². The molecule has 0 aliphatic carbocycles. The summed E-state index contributed by atoms with van der Waals surface area (Å²) in [6.07, 6.45) is 4.40. The van der Waals surface area contributed by atoms with Crippen molar-refractivity contribution in [1.29, 1.82) is 5.26 Å². The minimum Gasteiger partial charge on any atom is -0.374 e. The fraction of sp³-hybridized carbons (Fsp3) is 0.235. The van der Waals surface area contributed by atoms with Gasteiger partial charge in [-0.3, -0.25) is 9.78 Å². The van der Waals surface area contributed by atoms with Gasteiger partial charge in [0.15, 0.2) is 5.78 Å². The summed E-state index contributed by atoms with van der Waals surface area (Å²) in [5.74, 6) is 0.00486. The number of hydrogen-bond donors (Lipinski definition) is 0. The van der Waals surface area contributed by atoms with Crippen molar-refractivity contribution in [1.82, 2.24) is 4.98 Å². The van der Waals surface area contributed by atoms with Gasteiger partial charge in [-0.2, -0.15) is 5.26 Å². The van der Waals surface area contributed by atoms with Crippen LogP contribution in [0.5, 0.6) is 0 Å². The van der Waals surface area contributed by atoms with E-state index in [1.165, 1.54) is 5.56 Å². The predicted octanol–water partition coefficient (Wildman–Crippen LogP) is 2.83. The van der Waals surface area contributed by atoms with E-state index in [9.17, 15) is 4.79 Å². The van der Waals surface area contributed by atoms with E-state index in [1.807, 2.05) is 24.1 Å². The Labute approximate surface area is 124 Å². The highest BCUT2D eigenvalue weighted by Gasteiger charge is 2.12. The molecule has 0 unspecified atom stereocenters. The molecular weight excluding hydrogens is 262 g/mol. The monoisotopic (exact) mass is 279 g/mol. The lowest BCUT2D eigenvalue weighted by Crippen LogP contribution is -2.22. The van der Waals surface area contributed by atoms with Gasteiger partial charge in [0.05, 0.1) is 11.6 Å². The summed E-state index contributed by atoms with van der Waals surface area (Å²) in [6.45, 7) is 2.31. The number of carbonyl (C=O) groups is 1. The second-order valence-corrected chi connectivity index (χ2v) is 4.93. The zero-order valence-electron chi connectivity index (χ0n) is 12.2. The minimum absolute atomic E-state index is 0.00486. The summed E-state index contributed by atoms with van der Waals surface area (Å²) >= 11 is 0. The molecule has 0 fully saturated rings. The van der Waals surface area contributed by atoms with Crippen LogP contribution in [0, 0.1) is 11.3 Å². The molecule has 1 aromatic heterocycles. The summed E-state index contributed by atoms with van der Waals surface area (Å²) in [4.78, 5) is 17.7. The number of nitrogens with zero attached hydrogens (tertiary/aromatic N) is 3. The van der Waals surface area contributed by atoms with Crippen molar-refractivity contribution in [2.24, 2.45) is 0 Å². The first kappa shape index (κ1) is 14.7. The zero-order chi connectivity index (χ0) is 15.2. The van der Waals surface area contributed by atoms with Gasteiger partial charge in [-0.15, -0.1) is 0 Å². The number of hydrogen-bond acceptors (Lipinski definition) is 4. The van der Waals surface area contributed by atoms with Crippen molar-refractivity contribution in [2.45, 2.75) is 13.3 Å². The number of aromatic nitrogens is 1. The molecule has 0 radical (unpaired) electrons. The maximum Gasteiger partial charge on any atom is 0.161 e. The quantitative estimate of drug-likeness (QED) is 0.790. The SMILES string of the molecule is CC(=O)c1ccc(C#N)cc1N(C)CCc1ccncc1. The summed E-state index contributed by atoms with van der Waals surface area (Å²) in [7, 11) is 1.93. The maximum absolute atomic E-state index is 11.7. The van der Waals surface area contributed by atoms with E-state index >= 15 is 0 Å². The first-order chi connectivity index (χ1) is 10.1. The van der Waals surface area contributed by atoms with E-state index < -0.39 is 0 Å². The van der Waals surface area contributed by atoms with Crippen molar-refractivity contribution < 1.29 is 4.79 Å². The average molecular weight is 279 g/mol. The second-order valence-electron chi connectivity index (χ2n) is 4.93. The summed E-state index contributed by atoms with van der Waals surface area (Å²) < 4.78 is 0. The standard InChI is InChI=1S/C17H17N3O/c1-13(21)16-4-3-15(12-18)11-17(16)20(2)10-7-14-5-8-19-9-6-14/h3-6,8-9,11H,7,10H2,1-2H3. The minimum atomic E-state index is 0.00486. The highest BCUT2D eigenvalue weighted by atomic mass is 16.1. The Morgan fingerprint density at radius 3 is 2.62 bits per heavy atom. The molecule has 0 spiro atoms. The van der Waals surface area contributed by atoms with Crippen molar-refractivity contribution in [2.75, 3.05) is 18.5 Å². The molecule has 0 saturated carbocycles. The summed E-state index contributed by atoms with van der Waals surface area (Å²) in [5.41, 5.74) is 3.20. The molecule has 106 valence electrons. The van der Waals surface area contributed by atoms with Gasteiger partial charge in [0.25, 0.3) is 0 Å². The molecule has 2 rings (SSSR count). The van der Waals surface area contributed by atoms with Crippen LogP contribution < -0.4 is 4.90 Å². The molecule has 0 aliphatic heterocycles. The van der Waals surface area contributed by atoms with Crippen LogP contribution >= 0.6 is 0 Å². The largest absolute Gasteiger partial charge is 0.374 e. The zero-order valence-corrected chi connectivity index (χ0v) is 12.2. The van der Waals surface area contributed by atoms with E-state index in [-0.39, 0.29) is 5.78 Å². The number of Topliss-reactive ketones (excluding diaryl/α,β-unsaturated/α-hetero) is 1. The average Bonchev–Trinajstić information content (AvgIpc) is 2.52. The molecule has 2 aromatic rings. The maximum atomic E-state index is 11.7. The molecule has 0 bridgehead atoms. The number of rotatable bonds is 5. The van der Waals surface area contributed by atoms with Gasteiger partial charge >= 0.3 is 0 Å². The Morgan fingerprint density at radius 2 is 2.00 bits per heavy atom. The van der Waals surface area contributed by atoms with Gasteiger partial charge in [-0.1, -0.05) is 0 Å². The molecule has 0 atom stereocenters. The molecular formula is C17H17N3O. The molecule has 1 heterocycles. The third-order valence-electron chi connectivity index (χ3n) is 3.40. The summed E-state index contributed by atoms with van der Waals surface area (Å²) in [5, 5.41) is 9.02. The number of nitriles is 1. The number of carbonyl (C=O) groups excluding carboxylic acids is 1. The second kappa shape index (κ2) is 6.67. The van der Waals surface area contributed by atoms with Crippen LogP contribution in [0.4, 0.5) is 5.69 Å². The lowest BCUT2D eigenvalue weighted by Gasteiger charge is -2.22. The highest BCUT2D eigenvalue weighted by molar-refractivity contribution is 6.00. The molecule has 0 N–H and O–H groups in total. The van der Waals surface area contributed by atoms with Crippen LogP contribution in [-0.2, 0) is 6.42 Å². The molecule has 1 aromatic carbocycles. The Kier molecular flexibility index (Phi) is 4.68. The van der Waals surface area contributed by atoms with E-state index in [0.717, 1.165) is 18.7 Å². The third-order valence-corrected chi connectivity index (χ3v) is 3.40. The Morgan fingerprint density at radius 1 is 1.29 bits per heavy atom. The van der Waals surface area contributed by atoms with Crippen LogP contribution in [0.25, 0.3) is 0 Å². The van der Waals surface area contributed by atoms with E-state index in [0.29, 0.717) is 11.1 Å². The van der Waals surface area contributed by atoms with Gasteiger partial charge in [-0.05, 0) is 49.2 Å². The van der Waals surface area contributed by atoms with Crippen molar-refractivity contribution in [3.05, 3.63) is 59.4 Å². The van der Waals surface area contributed by atoms with Crippen molar-refractivity contribution in [3.63, 3.8) is 0 Å². The number of ketones is 1. The molecule has 0 aliphatic rings. The molecule has 4 nitrogen and oxygen atoms in total. The van der Waals surface area contributed by atoms with Crippen LogP contribution in [0.15, 0.2) is 42.7 Å². The summed E-state index contributed by atoms with van der Waals surface area (Å²) in [6, 6.07) is 11.2. The van der Waals surface area contributed by atoms with E-state index in [1.54, 1.807) is 37.5 Å². The Balaban J connectivity index is 2.19. The van der Waals surface area contributed by atoms with E-state index in [2.05, 4.69) is 11.1 Å². The molecule has 0 saturated heterocycles. The lowest BCUT2D eigenvalue weighted by atomic mass is 10.1. The lowest BCUT2D eigenvalue weighted by molar-refractivity contribution is 0.101. The number of anilines is 1. The van der Waals surface area contributed by atoms with Crippen LogP contribution in [-0.4, -0.2) is 24.4 Å². The number of likely N-dealkylation sites (N-methyl/N-ethyl adjacent to an activating group) is 1. The van der Waals surface area contributed by atoms with Gasteiger partial charge in [0.2, 0.25) is 0 Å². The smallest absolute Gasteiger partial charge is 0.161 e. The first-order valence-corrected chi connectivity index (χ1v) is 6.77. The van der Waals surface area contributed by atoms with Crippen LogP contribution in [0.1, 0.15) is 28.4 Å². The molecule has 0 amide bonds. The van der Waals surface area contributed by atoms with Crippen molar-refractivity contribution >= 4 is 11.5 Å². The number of benzene rings is 1. The predicted molar refractivity (Wildman–Crippen MR) is 82.4 cm³/mol. The number of pyridine rings is 1. The Bertz CT molecular complexity index is 674. The topological polar surface area (TPSA) is 57.0 Å². The first-order valence-electron chi connectivity index (χ1n) is 6.77. The highest BCUT2D eigenvalue weighted by Crippen LogP contribution is 2.22.